The highest BCUT2D eigenvalue weighted by molar-refractivity contribution is 7.81. The first kappa shape index (κ1) is 11.1. The Morgan fingerprint density at radius 1 is 1.27 bits per heavy atom. The molecule has 15 heavy (non-hydrogen) atoms. The molecule has 1 fully saturated rings. The summed E-state index contributed by atoms with van der Waals surface area (Å²) in [5.74, 6) is 0. The smallest absolute Gasteiger partial charge is 0.0347 e. The molecular formula is C14H20S. The standard InChI is InChI=1S/C14H20S/c1-4-14(3,15)12-7-5-11(6-8-12)13(2)9-10-13/h5-8,15H,4,9-10H2,1-3H3. The molecule has 0 bridgehead atoms. The average Bonchev–Trinajstić information content (AvgIpc) is 2.98. The number of hydrogen-bond donors (Lipinski definition) is 1. The van der Waals surface area contributed by atoms with Gasteiger partial charge in [-0.2, -0.15) is 12.6 Å². The van der Waals surface area contributed by atoms with Crippen molar-refractivity contribution in [2.75, 3.05) is 0 Å². The molecule has 1 aliphatic carbocycles. The van der Waals surface area contributed by atoms with Crippen LogP contribution in [0.1, 0.15) is 51.2 Å². The lowest BCUT2D eigenvalue weighted by molar-refractivity contribution is 0.669. The molecule has 0 radical (unpaired) electrons. The number of hydrogen-bond acceptors (Lipinski definition) is 1. The Hall–Kier alpha value is -0.430. The van der Waals surface area contributed by atoms with Crippen molar-refractivity contribution in [2.24, 2.45) is 0 Å². The highest BCUT2D eigenvalue weighted by atomic mass is 32.1. The maximum Gasteiger partial charge on any atom is 0.0347 e. The van der Waals surface area contributed by atoms with Gasteiger partial charge in [0.2, 0.25) is 0 Å². The van der Waals surface area contributed by atoms with Gasteiger partial charge in [-0.15, -0.1) is 0 Å². The van der Waals surface area contributed by atoms with Gasteiger partial charge in [-0.1, -0.05) is 38.1 Å². The van der Waals surface area contributed by atoms with Crippen LogP contribution in [0.3, 0.4) is 0 Å². The summed E-state index contributed by atoms with van der Waals surface area (Å²) in [6, 6.07) is 9.06. The van der Waals surface area contributed by atoms with Gasteiger partial charge in [0.15, 0.2) is 0 Å². The molecule has 1 saturated carbocycles. The van der Waals surface area contributed by atoms with Crippen LogP contribution < -0.4 is 0 Å². The van der Waals surface area contributed by atoms with E-state index in [0.717, 1.165) is 6.42 Å². The van der Waals surface area contributed by atoms with Crippen molar-refractivity contribution in [3.05, 3.63) is 35.4 Å². The van der Waals surface area contributed by atoms with Gasteiger partial charge in [0.25, 0.3) is 0 Å². The van der Waals surface area contributed by atoms with Gasteiger partial charge < -0.3 is 0 Å². The van der Waals surface area contributed by atoms with Gasteiger partial charge in [-0.3, -0.25) is 0 Å². The van der Waals surface area contributed by atoms with E-state index in [1.54, 1.807) is 0 Å². The van der Waals surface area contributed by atoms with Gasteiger partial charge in [0.1, 0.15) is 0 Å². The van der Waals surface area contributed by atoms with Gasteiger partial charge in [0, 0.05) is 4.75 Å². The fourth-order valence-electron chi connectivity index (χ4n) is 1.91. The minimum absolute atomic E-state index is 0.0169. The molecule has 0 N–H and O–H groups in total. The number of benzene rings is 1. The summed E-state index contributed by atoms with van der Waals surface area (Å²) in [7, 11) is 0. The molecule has 1 aliphatic rings. The molecule has 0 nitrogen and oxygen atoms in total. The quantitative estimate of drug-likeness (QED) is 0.722. The molecule has 0 spiro atoms. The molecule has 1 aromatic carbocycles. The summed E-state index contributed by atoms with van der Waals surface area (Å²) in [4.78, 5) is 0. The van der Waals surface area contributed by atoms with Gasteiger partial charge in [-0.05, 0) is 42.7 Å². The van der Waals surface area contributed by atoms with Crippen molar-refractivity contribution in [3.63, 3.8) is 0 Å². The maximum atomic E-state index is 4.70. The van der Waals surface area contributed by atoms with E-state index in [2.05, 4.69) is 45.0 Å². The van der Waals surface area contributed by atoms with Crippen LogP contribution in [0.15, 0.2) is 24.3 Å². The number of thiol groups is 1. The molecule has 1 unspecified atom stereocenters. The minimum atomic E-state index is 0.0169. The summed E-state index contributed by atoms with van der Waals surface area (Å²) < 4.78 is 0.0169. The second kappa shape index (κ2) is 3.55. The van der Waals surface area contributed by atoms with Gasteiger partial charge >= 0.3 is 0 Å². The SMILES string of the molecule is CCC(C)(S)c1ccc(C2(C)CC2)cc1. The highest BCUT2D eigenvalue weighted by Gasteiger charge is 2.38. The van der Waals surface area contributed by atoms with Crippen molar-refractivity contribution in [1.29, 1.82) is 0 Å². The first-order valence-electron chi connectivity index (χ1n) is 5.81. The number of rotatable bonds is 3. The van der Waals surface area contributed by atoms with Crippen LogP contribution in [0.5, 0.6) is 0 Å². The fourth-order valence-corrected chi connectivity index (χ4v) is 2.06. The molecule has 0 aromatic heterocycles. The second-order valence-corrected chi connectivity index (χ2v) is 6.25. The third kappa shape index (κ3) is 2.08. The van der Waals surface area contributed by atoms with Crippen molar-refractivity contribution in [3.8, 4) is 0 Å². The summed E-state index contributed by atoms with van der Waals surface area (Å²) in [6.45, 7) is 6.72. The predicted molar refractivity (Wildman–Crippen MR) is 69.7 cm³/mol. The van der Waals surface area contributed by atoms with E-state index in [0.29, 0.717) is 5.41 Å². The van der Waals surface area contributed by atoms with E-state index in [1.807, 2.05) is 0 Å². The zero-order valence-electron chi connectivity index (χ0n) is 9.88. The molecule has 1 aromatic rings. The van der Waals surface area contributed by atoms with Crippen molar-refractivity contribution in [2.45, 2.75) is 50.2 Å². The first-order chi connectivity index (χ1) is 6.98. The monoisotopic (exact) mass is 220 g/mol. The topological polar surface area (TPSA) is 0 Å². The van der Waals surface area contributed by atoms with Crippen molar-refractivity contribution < 1.29 is 0 Å². The molecule has 2 rings (SSSR count). The van der Waals surface area contributed by atoms with Crippen molar-refractivity contribution in [1.82, 2.24) is 0 Å². The Bertz CT molecular complexity index is 344. The summed E-state index contributed by atoms with van der Waals surface area (Å²) in [5, 5.41) is 0. The molecule has 0 heterocycles. The molecule has 0 saturated heterocycles. The lowest BCUT2D eigenvalue weighted by atomic mass is 9.92. The molecule has 82 valence electrons. The van der Waals surface area contributed by atoms with Crippen LogP contribution in [0.4, 0.5) is 0 Å². The van der Waals surface area contributed by atoms with Gasteiger partial charge in [-0.25, -0.2) is 0 Å². The predicted octanol–water partition coefficient (Wildman–Crippen LogP) is 4.29. The summed E-state index contributed by atoms with van der Waals surface area (Å²) >= 11 is 4.70. The molecule has 0 aliphatic heterocycles. The zero-order valence-corrected chi connectivity index (χ0v) is 10.8. The lowest BCUT2D eigenvalue weighted by Crippen LogP contribution is -2.12. The summed E-state index contributed by atoms with van der Waals surface area (Å²) in [6.07, 6.45) is 3.75. The first-order valence-corrected chi connectivity index (χ1v) is 6.26. The van der Waals surface area contributed by atoms with E-state index in [4.69, 9.17) is 12.6 Å². The zero-order chi connectivity index (χ0) is 11.1. The molecule has 1 heteroatoms. The van der Waals surface area contributed by atoms with Crippen LogP contribution in [0.2, 0.25) is 0 Å². The van der Waals surface area contributed by atoms with E-state index < -0.39 is 0 Å². The molecule has 0 amide bonds. The third-order valence-corrected chi connectivity index (χ3v) is 4.47. The van der Waals surface area contributed by atoms with Crippen LogP contribution in [-0.4, -0.2) is 0 Å². The Labute approximate surface area is 98.5 Å². The fraction of sp³-hybridized carbons (Fsp3) is 0.571. The van der Waals surface area contributed by atoms with E-state index in [9.17, 15) is 0 Å². The molecule has 1 atom stereocenters. The average molecular weight is 220 g/mol. The Balaban J connectivity index is 2.24. The maximum absolute atomic E-state index is 4.70. The van der Waals surface area contributed by atoms with Crippen LogP contribution in [0, 0.1) is 0 Å². The Kier molecular flexibility index (Phi) is 2.62. The summed E-state index contributed by atoms with van der Waals surface area (Å²) in [5.41, 5.74) is 3.31. The normalized spacial score (nSPS) is 22.1. The van der Waals surface area contributed by atoms with Crippen LogP contribution in [0.25, 0.3) is 0 Å². The molecular weight excluding hydrogens is 200 g/mol. The second-order valence-electron chi connectivity index (χ2n) is 5.27. The third-order valence-electron chi connectivity index (χ3n) is 3.89. The lowest BCUT2D eigenvalue weighted by Gasteiger charge is -2.23. The largest absolute Gasteiger partial charge is 0.168 e. The van der Waals surface area contributed by atoms with Crippen molar-refractivity contribution >= 4 is 12.6 Å². The van der Waals surface area contributed by atoms with Crippen LogP contribution in [-0.2, 0) is 10.2 Å². The highest BCUT2D eigenvalue weighted by Crippen LogP contribution is 2.47. The van der Waals surface area contributed by atoms with Crippen LogP contribution >= 0.6 is 12.6 Å². The van der Waals surface area contributed by atoms with E-state index in [-0.39, 0.29) is 4.75 Å². The van der Waals surface area contributed by atoms with E-state index >= 15 is 0 Å². The minimum Gasteiger partial charge on any atom is -0.168 e. The Morgan fingerprint density at radius 2 is 1.80 bits per heavy atom. The Morgan fingerprint density at radius 3 is 2.20 bits per heavy atom. The van der Waals surface area contributed by atoms with Gasteiger partial charge in [0.05, 0.1) is 0 Å². The van der Waals surface area contributed by atoms with E-state index in [1.165, 1.54) is 24.0 Å².